The van der Waals surface area contributed by atoms with Crippen LogP contribution >= 0.6 is 11.3 Å². The Morgan fingerprint density at radius 1 is 1.00 bits per heavy atom. The number of rotatable bonds is 7. The lowest BCUT2D eigenvalue weighted by atomic mass is 9.84. The van der Waals surface area contributed by atoms with Gasteiger partial charge in [0.1, 0.15) is 5.54 Å². The summed E-state index contributed by atoms with van der Waals surface area (Å²) in [5.41, 5.74) is 2.19. The molecule has 0 saturated carbocycles. The van der Waals surface area contributed by atoms with E-state index in [9.17, 15) is 9.59 Å². The normalized spacial score (nSPS) is 18.0. The number of likely N-dealkylation sites (tertiary alicyclic amines) is 1. The van der Waals surface area contributed by atoms with Crippen molar-refractivity contribution in [2.24, 2.45) is 0 Å². The fourth-order valence-electron chi connectivity index (χ4n) is 3.91. The molecule has 4 rings (SSSR count). The molecule has 3 aromatic rings. The molecule has 2 aromatic carbocycles. The predicted molar refractivity (Wildman–Crippen MR) is 121 cm³/mol. The third-order valence-electron chi connectivity index (χ3n) is 5.93. The summed E-state index contributed by atoms with van der Waals surface area (Å²) in [6.45, 7) is 2.97. The maximum atomic E-state index is 13.4. The molecular weight excluding hydrogens is 392 g/mol. The van der Waals surface area contributed by atoms with Crippen LogP contribution in [-0.2, 0) is 24.2 Å². The van der Waals surface area contributed by atoms with E-state index in [0.717, 1.165) is 23.3 Å². The number of hydrogen-bond acceptors (Lipinski definition) is 3. The minimum atomic E-state index is -0.791. The lowest BCUT2D eigenvalue weighted by Gasteiger charge is -2.49. The number of aryl methyl sites for hydroxylation is 2. The number of benzene rings is 2. The third-order valence-corrected chi connectivity index (χ3v) is 6.81. The van der Waals surface area contributed by atoms with Crippen molar-refractivity contribution in [3.8, 4) is 0 Å². The van der Waals surface area contributed by atoms with Gasteiger partial charge in [-0.25, -0.2) is 0 Å². The van der Waals surface area contributed by atoms with Gasteiger partial charge in [0.05, 0.1) is 6.54 Å². The standard InChI is InChI=1S/C25H26N2O2S/c1-25(24(29)26-18-21-11-7-17-30-21)15-16-27(25)23(28)22-12-6-5-10-20(22)14-13-19-8-3-2-4-9-19/h2-12,17H,13-16,18H2,1H3,(H,26,29). The molecule has 5 heteroatoms. The Kier molecular flexibility index (Phi) is 6.00. The summed E-state index contributed by atoms with van der Waals surface area (Å²) in [7, 11) is 0. The van der Waals surface area contributed by atoms with Gasteiger partial charge in [-0.3, -0.25) is 9.59 Å². The summed E-state index contributed by atoms with van der Waals surface area (Å²) >= 11 is 1.62. The van der Waals surface area contributed by atoms with Gasteiger partial charge in [0.15, 0.2) is 0 Å². The van der Waals surface area contributed by atoms with Crippen LogP contribution in [-0.4, -0.2) is 28.8 Å². The van der Waals surface area contributed by atoms with Crippen molar-refractivity contribution in [2.75, 3.05) is 6.54 Å². The highest BCUT2D eigenvalue weighted by molar-refractivity contribution is 7.09. The molecule has 0 aliphatic carbocycles. The molecule has 1 unspecified atom stereocenters. The van der Waals surface area contributed by atoms with E-state index in [1.165, 1.54) is 5.56 Å². The molecule has 1 saturated heterocycles. The van der Waals surface area contributed by atoms with Crippen LogP contribution in [0.25, 0.3) is 0 Å². The minimum Gasteiger partial charge on any atom is -0.349 e. The maximum Gasteiger partial charge on any atom is 0.255 e. The molecule has 1 N–H and O–H groups in total. The van der Waals surface area contributed by atoms with Crippen LogP contribution in [0.15, 0.2) is 72.1 Å². The van der Waals surface area contributed by atoms with Gasteiger partial charge in [-0.1, -0.05) is 54.6 Å². The number of nitrogens with one attached hydrogen (secondary N) is 1. The van der Waals surface area contributed by atoms with E-state index in [1.807, 2.05) is 66.9 Å². The van der Waals surface area contributed by atoms with Gasteiger partial charge in [0.25, 0.3) is 5.91 Å². The highest BCUT2D eigenvalue weighted by atomic mass is 32.1. The molecule has 0 radical (unpaired) electrons. The van der Waals surface area contributed by atoms with Gasteiger partial charge >= 0.3 is 0 Å². The van der Waals surface area contributed by atoms with Gasteiger partial charge in [-0.2, -0.15) is 0 Å². The van der Waals surface area contributed by atoms with E-state index in [2.05, 4.69) is 17.4 Å². The molecule has 2 heterocycles. The molecule has 154 valence electrons. The Morgan fingerprint density at radius 2 is 1.77 bits per heavy atom. The van der Waals surface area contributed by atoms with Crippen molar-refractivity contribution in [3.63, 3.8) is 0 Å². The van der Waals surface area contributed by atoms with Crippen LogP contribution in [0.4, 0.5) is 0 Å². The van der Waals surface area contributed by atoms with Crippen LogP contribution in [0.2, 0.25) is 0 Å². The second-order valence-electron chi connectivity index (χ2n) is 7.89. The first-order valence-electron chi connectivity index (χ1n) is 10.3. The van der Waals surface area contributed by atoms with E-state index in [-0.39, 0.29) is 11.8 Å². The van der Waals surface area contributed by atoms with Gasteiger partial charge in [-0.05, 0) is 54.8 Å². The molecule has 4 nitrogen and oxygen atoms in total. The Morgan fingerprint density at radius 3 is 2.47 bits per heavy atom. The quantitative estimate of drug-likeness (QED) is 0.616. The second-order valence-corrected chi connectivity index (χ2v) is 8.92. The highest BCUT2D eigenvalue weighted by Gasteiger charge is 2.49. The van der Waals surface area contributed by atoms with Gasteiger partial charge in [0.2, 0.25) is 5.91 Å². The fourth-order valence-corrected chi connectivity index (χ4v) is 4.55. The average Bonchev–Trinajstić information content (AvgIpc) is 3.29. The van der Waals surface area contributed by atoms with Crippen LogP contribution < -0.4 is 5.32 Å². The van der Waals surface area contributed by atoms with Crippen LogP contribution in [0.1, 0.15) is 39.7 Å². The number of thiophene rings is 1. The van der Waals surface area contributed by atoms with Gasteiger partial charge < -0.3 is 10.2 Å². The topological polar surface area (TPSA) is 49.4 Å². The van der Waals surface area contributed by atoms with E-state index >= 15 is 0 Å². The van der Waals surface area contributed by atoms with Crippen molar-refractivity contribution >= 4 is 23.2 Å². The summed E-state index contributed by atoms with van der Waals surface area (Å²) in [5.74, 6) is -0.143. The maximum absolute atomic E-state index is 13.4. The smallest absolute Gasteiger partial charge is 0.255 e. The Hall–Kier alpha value is -2.92. The average molecular weight is 419 g/mol. The largest absolute Gasteiger partial charge is 0.349 e. The summed E-state index contributed by atoms with van der Waals surface area (Å²) in [4.78, 5) is 29.1. The van der Waals surface area contributed by atoms with Crippen LogP contribution in [0.5, 0.6) is 0 Å². The number of carbonyl (C=O) groups is 2. The molecule has 30 heavy (non-hydrogen) atoms. The monoisotopic (exact) mass is 418 g/mol. The number of amides is 2. The highest BCUT2D eigenvalue weighted by Crippen LogP contribution is 2.33. The van der Waals surface area contributed by atoms with Crippen LogP contribution in [0, 0.1) is 0 Å². The lowest BCUT2D eigenvalue weighted by Crippen LogP contribution is -2.67. The first-order valence-corrected chi connectivity index (χ1v) is 11.2. The number of nitrogens with zero attached hydrogens (tertiary/aromatic N) is 1. The SMILES string of the molecule is CC1(C(=O)NCc2cccs2)CCN1C(=O)c1ccccc1CCc1ccccc1. The van der Waals surface area contributed by atoms with Crippen molar-refractivity contribution in [3.05, 3.63) is 93.7 Å². The van der Waals surface area contributed by atoms with Crippen molar-refractivity contribution in [1.82, 2.24) is 10.2 Å². The van der Waals surface area contributed by atoms with Gasteiger partial charge in [-0.15, -0.1) is 11.3 Å². The third kappa shape index (κ3) is 4.17. The molecule has 1 aliphatic heterocycles. The van der Waals surface area contributed by atoms with Crippen molar-refractivity contribution in [1.29, 1.82) is 0 Å². The van der Waals surface area contributed by atoms with E-state index in [1.54, 1.807) is 16.2 Å². The molecule has 1 aromatic heterocycles. The molecule has 1 atom stereocenters. The number of hydrogen-bond donors (Lipinski definition) is 1. The molecular formula is C25H26N2O2S. The van der Waals surface area contributed by atoms with Crippen molar-refractivity contribution < 1.29 is 9.59 Å². The fraction of sp³-hybridized carbons (Fsp3) is 0.280. The second kappa shape index (κ2) is 8.84. The van der Waals surface area contributed by atoms with E-state index in [0.29, 0.717) is 25.1 Å². The summed E-state index contributed by atoms with van der Waals surface area (Å²) in [6.07, 6.45) is 2.35. The lowest BCUT2D eigenvalue weighted by molar-refractivity contribution is -0.137. The zero-order valence-electron chi connectivity index (χ0n) is 17.1. The molecule has 0 bridgehead atoms. The molecule has 2 amide bonds. The van der Waals surface area contributed by atoms with E-state index in [4.69, 9.17) is 0 Å². The first-order chi connectivity index (χ1) is 14.6. The first kappa shape index (κ1) is 20.4. The zero-order valence-corrected chi connectivity index (χ0v) is 18.0. The number of carbonyl (C=O) groups excluding carboxylic acids is 2. The van der Waals surface area contributed by atoms with Crippen LogP contribution in [0.3, 0.4) is 0 Å². The molecule has 1 fully saturated rings. The summed E-state index contributed by atoms with van der Waals surface area (Å²) in [5, 5.41) is 5.00. The summed E-state index contributed by atoms with van der Waals surface area (Å²) < 4.78 is 0. The Labute approximate surface area is 181 Å². The van der Waals surface area contributed by atoms with E-state index < -0.39 is 5.54 Å². The predicted octanol–water partition coefficient (Wildman–Crippen LogP) is 4.45. The molecule has 0 spiro atoms. The Balaban J connectivity index is 1.45. The van der Waals surface area contributed by atoms with Gasteiger partial charge in [0, 0.05) is 17.0 Å². The molecule has 1 aliphatic rings. The van der Waals surface area contributed by atoms with Crippen molar-refractivity contribution in [2.45, 2.75) is 38.3 Å². The zero-order chi connectivity index (χ0) is 21.0. The Bertz CT molecular complexity index is 1020. The minimum absolute atomic E-state index is 0.0568. The summed E-state index contributed by atoms with van der Waals surface area (Å²) in [6, 6.07) is 22.0.